The summed E-state index contributed by atoms with van der Waals surface area (Å²) in [6, 6.07) is 0.148. The van der Waals surface area contributed by atoms with Gasteiger partial charge in [0.05, 0.1) is 31.7 Å². The molecule has 54 heavy (non-hydrogen) atoms. The lowest BCUT2D eigenvalue weighted by Gasteiger charge is -2.22. The van der Waals surface area contributed by atoms with Gasteiger partial charge in [0, 0.05) is 12.0 Å². The van der Waals surface area contributed by atoms with Crippen molar-refractivity contribution in [3.63, 3.8) is 0 Å². The van der Waals surface area contributed by atoms with Gasteiger partial charge in [-0.2, -0.15) is 14.3 Å². The molecule has 0 aromatic carbocycles. The number of phosphoric acid groups is 2. The highest BCUT2D eigenvalue weighted by atomic mass is 31.3. The topological polar surface area (TPSA) is 210 Å². The summed E-state index contributed by atoms with van der Waals surface area (Å²) in [5.41, 5.74) is 7.13. The molecule has 4 rings (SSSR count). The van der Waals surface area contributed by atoms with Crippen molar-refractivity contribution in [3.05, 3.63) is 18.5 Å². The van der Waals surface area contributed by atoms with Crippen LogP contribution in [0.5, 0.6) is 0 Å². The lowest BCUT2D eigenvalue weighted by Crippen LogP contribution is -2.11. The van der Waals surface area contributed by atoms with Gasteiger partial charge in [0.25, 0.3) is 0 Å². The minimum Gasteiger partial charge on any atom is -0.368 e. The Kier molecular flexibility index (Phi) is 19.1. The van der Waals surface area contributed by atoms with Crippen LogP contribution in [0.2, 0.25) is 0 Å². The molecule has 2 aromatic rings. The molecule has 0 radical (unpaired) electrons. The first-order valence-electron chi connectivity index (χ1n) is 20.3. The molecule has 5 atom stereocenters. The van der Waals surface area contributed by atoms with Crippen molar-refractivity contribution >= 4 is 46.2 Å². The first-order chi connectivity index (χ1) is 25.9. The molecular formula is C36H65N6O9P3. The molecule has 2 aliphatic rings. The van der Waals surface area contributed by atoms with Crippen molar-refractivity contribution in [1.29, 1.82) is 0 Å². The van der Waals surface area contributed by atoms with Gasteiger partial charge in [0.2, 0.25) is 5.95 Å². The zero-order valence-corrected chi connectivity index (χ0v) is 35.1. The van der Waals surface area contributed by atoms with E-state index in [1.54, 1.807) is 6.33 Å². The molecule has 3 unspecified atom stereocenters. The Labute approximate surface area is 321 Å². The second-order valence-electron chi connectivity index (χ2n) is 14.8. The van der Waals surface area contributed by atoms with Crippen LogP contribution in [0, 0.1) is 5.92 Å². The molecule has 5 N–H and O–H groups in total. The van der Waals surface area contributed by atoms with E-state index in [0.717, 1.165) is 44.9 Å². The number of nitrogens with two attached hydrogens (primary N) is 1. The monoisotopic (exact) mass is 818 g/mol. The van der Waals surface area contributed by atoms with Gasteiger partial charge in [-0.1, -0.05) is 129 Å². The summed E-state index contributed by atoms with van der Waals surface area (Å²) in [6.45, 7) is 3.94. The molecule has 2 aromatic heterocycles. The van der Waals surface area contributed by atoms with Crippen LogP contribution in [0.25, 0.3) is 11.2 Å². The molecule has 0 saturated heterocycles. The van der Waals surface area contributed by atoms with Gasteiger partial charge in [-0.25, -0.2) is 18.4 Å². The van der Waals surface area contributed by atoms with Crippen LogP contribution in [-0.2, 0) is 31.4 Å². The number of imidazole rings is 1. The Morgan fingerprint density at radius 1 is 0.778 bits per heavy atom. The Bertz CT molecular complexity index is 1590. The van der Waals surface area contributed by atoms with Crippen LogP contribution >= 0.6 is 23.2 Å². The molecule has 0 spiro atoms. The molecule has 2 heterocycles. The first-order valence-corrected chi connectivity index (χ1v) is 25.1. The van der Waals surface area contributed by atoms with Crippen LogP contribution in [0.3, 0.4) is 0 Å². The quantitative estimate of drug-likeness (QED) is 0.0317. The number of rotatable bonds is 31. The van der Waals surface area contributed by atoms with Crippen molar-refractivity contribution in [1.82, 2.24) is 19.5 Å². The molecule has 0 aliphatic heterocycles. The number of unbranched alkanes of at least 4 members (excludes halogenated alkanes) is 16. The number of phosphoric ester groups is 1. The fourth-order valence-corrected chi connectivity index (χ4v) is 11.5. The number of nitrogens with one attached hydrogen (secondary N) is 1. The van der Waals surface area contributed by atoms with Crippen molar-refractivity contribution in [2.24, 2.45) is 5.92 Å². The van der Waals surface area contributed by atoms with Gasteiger partial charge in [0.15, 0.2) is 17.0 Å². The van der Waals surface area contributed by atoms with Crippen LogP contribution in [0.1, 0.15) is 155 Å². The maximum Gasteiger partial charge on any atom is 0.488 e. The van der Waals surface area contributed by atoms with Crippen molar-refractivity contribution in [3.8, 4) is 0 Å². The minimum absolute atomic E-state index is 0.0538. The Hall–Kier alpha value is -1.66. The van der Waals surface area contributed by atoms with Gasteiger partial charge in [0.1, 0.15) is 0 Å². The van der Waals surface area contributed by atoms with E-state index in [-0.39, 0.29) is 37.3 Å². The second-order valence-corrected chi connectivity index (χ2v) is 20.2. The van der Waals surface area contributed by atoms with Crippen LogP contribution in [0.4, 0.5) is 11.8 Å². The highest BCUT2D eigenvalue weighted by Gasteiger charge is 2.42. The first kappa shape index (κ1) is 45.0. The maximum atomic E-state index is 13.5. The molecule has 1 fully saturated rings. The van der Waals surface area contributed by atoms with Gasteiger partial charge < -0.3 is 29.9 Å². The van der Waals surface area contributed by atoms with E-state index < -0.39 is 23.2 Å². The smallest absolute Gasteiger partial charge is 0.368 e. The predicted molar refractivity (Wildman–Crippen MR) is 213 cm³/mol. The third kappa shape index (κ3) is 16.4. The number of allylic oxidation sites excluding steroid dienone is 1. The number of aromatic nitrogens is 4. The number of nitrogen functional groups attached to an aromatic ring is 1. The summed E-state index contributed by atoms with van der Waals surface area (Å²) in [5, 5.41) is 3.33. The third-order valence-corrected chi connectivity index (χ3v) is 15.2. The van der Waals surface area contributed by atoms with Crippen molar-refractivity contribution in [2.75, 3.05) is 30.4 Å². The van der Waals surface area contributed by atoms with E-state index in [1.807, 2.05) is 23.6 Å². The molecular weight excluding hydrogens is 753 g/mol. The number of anilines is 2. The molecule has 2 aliphatic carbocycles. The fourth-order valence-electron chi connectivity index (χ4n) is 6.63. The average molecular weight is 819 g/mol. The van der Waals surface area contributed by atoms with E-state index in [4.69, 9.17) is 19.1 Å². The van der Waals surface area contributed by atoms with Crippen LogP contribution < -0.4 is 11.1 Å². The zero-order valence-electron chi connectivity index (χ0n) is 32.4. The van der Waals surface area contributed by atoms with Crippen LogP contribution in [0.15, 0.2) is 18.5 Å². The van der Waals surface area contributed by atoms with Crippen molar-refractivity contribution in [2.45, 2.75) is 161 Å². The standard InChI is InChI=1S/C36H65N6O9P3/c1-3-5-7-8-9-10-11-12-13-14-15-16-17-18-19-20-26-52(43,48-25-6-4-2)50-54(46,47)51-53(44,45)49-28-30-21-24-32(27-30)42-29-38-33-34(39-31-22-23-31)40-36(37)41-35(33)42/h21,24,29-32H,3-20,22-23,25-28H2,1-2H3,(H,44,45)(H,46,47)(H3,37,39,40,41)/t30-,32+,52?/m1/s1. The van der Waals surface area contributed by atoms with E-state index in [0.29, 0.717) is 42.3 Å². The Morgan fingerprint density at radius 2 is 1.37 bits per heavy atom. The molecule has 0 bridgehead atoms. The predicted octanol–water partition coefficient (Wildman–Crippen LogP) is 10.6. The van der Waals surface area contributed by atoms with Gasteiger partial charge in [-0.05, 0) is 32.1 Å². The largest absolute Gasteiger partial charge is 0.488 e. The summed E-state index contributed by atoms with van der Waals surface area (Å²) >= 11 is 0. The van der Waals surface area contributed by atoms with Gasteiger partial charge in [-0.3, -0.25) is 9.09 Å². The zero-order chi connectivity index (χ0) is 38.9. The lowest BCUT2D eigenvalue weighted by molar-refractivity contribution is 0.160. The third-order valence-electron chi connectivity index (χ3n) is 9.82. The van der Waals surface area contributed by atoms with E-state index >= 15 is 0 Å². The molecule has 18 heteroatoms. The minimum atomic E-state index is -5.32. The normalized spacial score (nSPS) is 20.6. The number of hydrogen-bond acceptors (Lipinski definition) is 12. The maximum absolute atomic E-state index is 13.5. The van der Waals surface area contributed by atoms with Gasteiger partial charge in [-0.15, -0.1) is 0 Å². The summed E-state index contributed by atoms with van der Waals surface area (Å²) in [4.78, 5) is 34.0. The highest BCUT2D eigenvalue weighted by molar-refractivity contribution is 7.68. The summed E-state index contributed by atoms with van der Waals surface area (Å²) in [5.74, 6) is 0.366. The van der Waals surface area contributed by atoms with Crippen molar-refractivity contribution < 1.29 is 41.2 Å². The Balaban J connectivity index is 1.15. The highest BCUT2D eigenvalue weighted by Crippen LogP contribution is 2.69. The number of hydrogen-bond donors (Lipinski definition) is 4. The molecule has 0 amide bonds. The van der Waals surface area contributed by atoms with E-state index in [9.17, 15) is 23.5 Å². The lowest BCUT2D eigenvalue weighted by atomic mass is 10.0. The summed E-state index contributed by atoms with van der Waals surface area (Å²) < 4.78 is 61.3. The van der Waals surface area contributed by atoms with Crippen LogP contribution in [-0.4, -0.2) is 54.7 Å². The molecule has 308 valence electrons. The molecule has 15 nitrogen and oxygen atoms in total. The molecule has 1 saturated carbocycles. The summed E-state index contributed by atoms with van der Waals surface area (Å²) in [6.07, 6.45) is 28.0. The van der Waals surface area contributed by atoms with E-state index in [2.05, 4.69) is 31.5 Å². The SMILES string of the molecule is CCCCCCCCCCCCCCCCCCP(=O)(OCCCC)OP(=O)(O)OP(=O)(O)OC[C@@H]1C=C[C@H](n2cnc3c(NC4CC4)nc(N)nc32)C1. The second kappa shape index (κ2) is 22.9. The summed E-state index contributed by atoms with van der Waals surface area (Å²) in [7, 11) is -14.5. The van der Waals surface area contributed by atoms with Gasteiger partial charge >= 0.3 is 23.2 Å². The average Bonchev–Trinajstić information content (AvgIpc) is 3.62. The Morgan fingerprint density at radius 3 is 1.96 bits per heavy atom. The number of nitrogens with zero attached hydrogens (tertiary/aromatic N) is 4. The van der Waals surface area contributed by atoms with E-state index in [1.165, 1.54) is 70.6 Å². The fraction of sp³-hybridized carbons (Fsp3) is 0.806. The number of fused-ring (bicyclic) bond motifs is 1.